The second kappa shape index (κ2) is 9.81. The van der Waals surface area contributed by atoms with Gasteiger partial charge in [0.25, 0.3) is 0 Å². The fourth-order valence-corrected chi connectivity index (χ4v) is 3.94. The average molecular weight is 469 g/mol. The molecule has 6 heteroatoms. The van der Waals surface area contributed by atoms with Crippen molar-refractivity contribution >= 4 is 28.6 Å². The summed E-state index contributed by atoms with van der Waals surface area (Å²) in [5.74, 6) is 1.21. The fourth-order valence-electron chi connectivity index (χ4n) is 3.75. The highest BCUT2D eigenvalue weighted by atomic mass is 35.5. The van der Waals surface area contributed by atoms with Crippen molar-refractivity contribution in [2.75, 3.05) is 6.61 Å². The summed E-state index contributed by atoms with van der Waals surface area (Å²) >= 11 is 6.05. The number of rotatable bonds is 7. The first kappa shape index (κ1) is 21.7. The molecule has 0 unspecified atom stereocenters. The van der Waals surface area contributed by atoms with Crippen LogP contribution in [0.15, 0.2) is 103 Å². The zero-order valence-electron chi connectivity index (χ0n) is 18.2. The van der Waals surface area contributed by atoms with E-state index in [-0.39, 0.29) is 6.61 Å². The summed E-state index contributed by atoms with van der Waals surface area (Å²) in [5, 5.41) is 0.443. The fraction of sp³-hybridized carbons (Fsp3) is 0.0714. The van der Waals surface area contributed by atoms with Crippen LogP contribution >= 0.6 is 11.6 Å². The van der Waals surface area contributed by atoms with E-state index in [1.807, 2.05) is 48.5 Å². The molecule has 168 valence electrons. The number of aromatic nitrogens is 2. The Kier molecular flexibility index (Phi) is 6.27. The van der Waals surface area contributed by atoms with Crippen LogP contribution < -0.4 is 9.47 Å². The van der Waals surface area contributed by atoms with Gasteiger partial charge in [0, 0.05) is 12.1 Å². The lowest BCUT2D eigenvalue weighted by Crippen LogP contribution is -2.17. The molecular weight excluding hydrogens is 448 g/mol. The molecule has 5 nitrogen and oxygen atoms in total. The topological polar surface area (TPSA) is 53.4 Å². The molecule has 5 rings (SSSR count). The number of benzene rings is 4. The quantitative estimate of drug-likeness (QED) is 0.205. The van der Waals surface area contributed by atoms with Crippen molar-refractivity contribution in [3.05, 3.63) is 114 Å². The number of carbonyl (C=O) groups is 1. The molecule has 0 atom stereocenters. The molecule has 0 saturated carbocycles. The van der Waals surface area contributed by atoms with Crippen LogP contribution in [0.2, 0.25) is 5.02 Å². The molecule has 0 amide bonds. The Labute approximate surface area is 202 Å². The van der Waals surface area contributed by atoms with Gasteiger partial charge in [-0.3, -0.25) is 0 Å². The second-order valence-electron chi connectivity index (χ2n) is 7.71. The minimum Gasteiger partial charge on any atom is -0.480 e. The maximum absolute atomic E-state index is 12.2. The Morgan fingerprint density at radius 3 is 2.32 bits per heavy atom. The lowest BCUT2D eigenvalue weighted by Gasteiger charge is -2.11. The predicted octanol–water partition coefficient (Wildman–Crippen LogP) is 6.39. The third-order valence-electron chi connectivity index (χ3n) is 5.36. The lowest BCUT2D eigenvalue weighted by molar-refractivity contribution is -0.136. The Balaban J connectivity index is 1.34. The van der Waals surface area contributed by atoms with Crippen LogP contribution in [0.5, 0.6) is 11.5 Å². The van der Waals surface area contributed by atoms with Gasteiger partial charge in [-0.1, -0.05) is 66.2 Å². The number of nitrogens with zero attached hydrogens (tertiary/aromatic N) is 2. The molecular formula is C28H21ClN2O3. The van der Waals surface area contributed by atoms with Crippen LogP contribution in [0.3, 0.4) is 0 Å². The van der Waals surface area contributed by atoms with Crippen molar-refractivity contribution in [1.29, 1.82) is 0 Å². The van der Waals surface area contributed by atoms with Crippen LogP contribution in [0.25, 0.3) is 22.4 Å². The van der Waals surface area contributed by atoms with Gasteiger partial charge in [-0.15, -0.1) is 0 Å². The normalized spacial score (nSPS) is 10.9. The summed E-state index contributed by atoms with van der Waals surface area (Å²) in [4.78, 5) is 17.1. The van der Waals surface area contributed by atoms with Gasteiger partial charge in [0.2, 0.25) is 0 Å². The molecule has 0 aliphatic heterocycles. The maximum Gasteiger partial charge on any atom is 0.349 e. The summed E-state index contributed by atoms with van der Waals surface area (Å²) in [5.41, 5.74) is 4.12. The van der Waals surface area contributed by atoms with Crippen molar-refractivity contribution in [3.63, 3.8) is 0 Å². The van der Waals surface area contributed by atoms with E-state index in [4.69, 9.17) is 26.1 Å². The van der Waals surface area contributed by atoms with Crippen molar-refractivity contribution in [2.45, 2.75) is 6.54 Å². The first-order chi connectivity index (χ1) is 16.7. The molecule has 1 aromatic heterocycles. The molecule has 0 N–H and O–H groups in total. The summed E-state index contributed by atoms with van der Waals surface area (Å²) < 4.78 is 13.1. The largest absolute Gasteiger partial charge is 0.480 e. The molecule has 0 fully saturated rings. The number of fused-ring (bicyclic) bond motifs is 1. The Morgan fingerprint density at radius 1 is 0.824 bits per heavy atom. The second-order valence-corrected chi connectivity index (χ2v) is 8.12. The van der Waals surface area contributed by atoms with Gasteiger partial charge in [-0.25, -0.2) is 9.78 Å². The third kappa shape index (κ3) is 4.80. The standard InChI is InChI=1S/C28H21ClN2O3/c29-23-10-4-7-13-26(23)33-19-27(32)34-22-16-14-21(15-17-22)28-30-24-11-5-6-12-25(24)31(28)18-20-8-2-1-3-9-20/h1-17H,18-19H2. The van der Waals surface area contributed by atoms with E-state index in [0.29, 0.717) is 23.1 Å². The van der Waals surface area contributed by atoms with Crippen LogP contribution in [0, 0.1) is 0 Å². The Bertz CT molecular complexity index is 1430. The van der Waals surface area contributed by atoms with Crippen LogP contribution in [0.4, 0.5) is 0 Å². The minimum atomic E-state index is -0.510. The Hall–Kier alpha value is -4.09. The van der Waals surface area contributed by atoms with E-state index in [2.05, 4.69) is 22.8 Å². The smallest absolute Gasteiger partial charge is 0.349 e. The zero-order valence-corrected chi connectivity index (χ0v) is 19.0. The summed E-state index contributed by atoms with van der Waals surface area (Å²) in [6.45, 7) is 0.463. The number of hydrogen-bond acceptors (Lipinski definition) is 4. The molecule has 4 aromatic carbocycles. The van der Waals surface area contributed by atoms with Crippen LogP contribution in [0.1, 0.15) is 5.56 Å². The molecule has 0 spiro atoms. The molecule has 0 saturated heterocycles. The maximum atomic E-state index is 12.2. The number of carbonyl (C=O) groups excluding carboxylic acids is 1. The van der Waals surface area contributed by atoms with E-state index < -0.39 is 5.97 Å². The van der Waals surface area contributed by atoms with Gasteiger partial charge in [-0.05, 0) is 54.1 Å². The van der Waals surface area contributed by atoms with Crippen molar-refractivity contribution < 1.29 is 14.3 Å². The molecule has 0 aliphatic carbocycles. The highest BCUT2D eigenvalue weighted by Crippen LogP contribution is 2.28. The summed E-state index contributed by atoms with van der Waals surface area (Å²) in [6.07, 6.45) is 0. The summed E-state index contributed by atoms with van der Waals surface area (Å²) in [7, 11) is 0. The number of para-hydroxylation sites is 3. The molecule has 34 heavy (non-hydrogen) atoms. The summed E-state index contributed by atoms with van der Waals surface area (Å²) in [6, 6.07) is 32.7. The van der Waals surface area contributed by atoms with E-state index in [9.17, 15) is 4.79 Å². The molecule has 0 radical (unpaired) electrons. The van der Waals surface area contributed by atoms with Crippen molar-refractivity contribution in [2.24, 2.45) is 0 Å². The van der Waals surface area contributed by atoms with E-state index in [0.717, 1.165) is 22.4 Å². The lowest BCUT2D eigenvalue weighted by atomic mass is 10.2. The van der Waals surface area contributed by atoms with E-state index >= 15 is 0 Å². The number of imidazole rings is 1. The third-order valence-corrected chi connectivity index (χ3v) is 5.68. The monoisotopic (exact) mass is 468 g/mol. The van der Waals surface area contributed by atoms with Gasteiger partial charge in [0.05, 0.1) is 16.1 Å². The van der Waals surface area contributed by atoms with E-state index in [1.54, 1.807) is 36.4 Å². The number of hydrogen-bond donors (Lipinski definition) is 0. The van der Waals surface area contributed by atoms with Gasteiger partial charge >= 0.3 is 5.97 Å². The highest BCUT2D eigenvalue weighted by Gasteiger charge is 2.14. The number of halogens is 1. The molecule has 0 aliphatic rings. The number of esters is 1. The predicted molar refractivity (Wildman–Crippen MR) is 133 cm³/mol. The molecule has 1 heterocycles. The first-order valence-electron chi connectivity index (χ1n) is 10.8. The Morgan fingerprint density at radius 2 is 1.53 bits per heavy atom. The van der Waals surface area contributed by atoms with Gasteiger partial charge in [0.1, 0.15) is 17.3 Å². The molecule has 5 aromatic rings. The number of ether oxygens (including phenoxy) is 2. The average Bonchev–Trinajstić information content (AvgIpc) is 3.23. The van der Waals surface area contributed by atoms with Crippen molar-refractivity contribution in [1.82, 2.24) is 9.55 Å². The molecule has 0 bridgehead atoms. The van der Waals surface area contributed by atoms with Gasteiger partial charge in [-0.2, -0.15) is 0 Å². The SMILES string of the molecule is O=C(COc1ccccc1Cl)Oc1ccc(-c2nc3ccccc3n2Cc2ccccc2)cc1. The first-order valence-corrected chi connectivity index (χ1v) is 11.2. The zero-order chi connectivity index (χ0) is 23.3. The van der Waals surface area contributed by atoms with E-state index in [1.165, 1.54) is 5.56 Å². The van der Waals surface area contributed by atoms with Crippen LogP contribution in [-0.2, 0) is 11.3 Å². The van der Waals surface area contributed by atoms with Gasteiger partial charge < -0.3 is 14.0 Å². The highest BCUT2D eigenvalue weighted by molar-refractivity contribution is 6.32. The van der Waals surface area contributed by atoms with Crippen molar-refractivity contribution in [3.8, 4) is 22.9 Å². The van der Waals surface area contributed by atoms with Gasteiger partial charge in [0.15, 0.2) is 6.61 Å². The minimum absolute atomic E-state index is 0.238. The van der Waals surface area contributed by atoms with Crippen LogP contribution in [-0.4, -0.2) is 22.1 Å².